The molecule has 0 saturated carbocycles. The number of carbonyl (C=O) groups excluding carboxylic acids is 1. The molecule has 1 rings (SSSR count). The maximum atomic E-state index is 11.1. The van der Waals surface area contributed by atoms with Crippen LogP contribution in [0.15, 0.2) is 12.1 Å². The van der Waals surface area contributed by atoms with Gasteiger partial charge in [0.25, 0.3) is 0 Å². The Kier molecular flexibility index (Phi) is 3.71. The molecular weight excluding hydrogens is 204 g/mol. The van der Waals surface area contributed by atoms with Crippen LogP contribution in [-0.2, 0) is 4.74 Å². The number of aromatic nitrogens is 1. The summed E-state index contributed by atoms with van der Waals surface area (Å²) >= 11 is 5.66. The van der Waals surface area contributed by atoms with Crippen molar-refractivity contribution in [2.24, 2.45) is 0 Å². The number of ether oxygens (including phenoxy) is 1. The lowest BCUT2D eigenvalue weighted by molar-refractivity contribution is 0.168. The molecule has 0 aliphatic rings. The summed E-state index contributed by atoms with van der Waals surface area (Å²) in [7, 11) is 0. The van der Waals surface area contributed by atoms with Gasteiger partial charge >= 0.3 is 6.09 Å². The Hall–Kier alpha value is -1.29. The third kappa shape index (κ3) is 2.88. The van der Waals surface area contributed by atoms with E-state index in [2.05, 4.69) is 10.3 Å². The Morgan fingerprint density at radius 2 is 2.36 bits per heavy atom. The number of hydrogen-bond acceptors (Lipinski definition) is 3. The lowest BCUT2D eigenvalue weighted by atomic mass is 10.3. The standard InChI is InChI=1S/C9H11ClN2O2/c1-3-14-9(13)12-7-4-5-8(10)11-6(7)2/h4-5H,3H2,1-2H3,(H,12,13). The number of hydrogen-bond donors (Lipinski definition) is 1. The predicted molar refractivity (Wildman–Crippen MR) is 54.6 cm³/mol. The normalized spacial score (nSPS) is 9.64. The highest BCUT2D eigenvalue weighted by Crippen LogP contribution is 2.15. The van der Waals surface area contributed by atoms with Gasteiger partial charge in [-0.15, -0.1) is 0 Å². The maximum Gasteiger partial charge on any atom is 0.411 e. The Morgan fingerprint density at radius 3 is 2.93 bits per heavy atom. The van der Waals surface area contributed by atoms with E-state index in [0.717, 1.165) is 0 Å². The zero-order valence-corrected chi connectivity index (χ0v) is 8.76. The van der Waals surface area contributed by atoms with Crippen LogP contribution in [0.4, 0.5) is 10.5 Å². The number of pyridine rings is 1. The van der Waals surface area contributed by atoms with Gasteiger partial charge in [-0.3, -0.25) is 5.32 Å². The molecule has 1 aromatic rings. The molecule has 14 heavy (non-hydrogen) atoms. The average molecular weight is 215 g/mol. The van der Waals surface area contributed by atoms with Gasteiger partial charge in [-0.25, -0.2) is 9.78 Å². The summed E-state index contributed by atoms with van der Waals surface area (Å²) in [4.78, 5) is 15.0. The topological polar surface area (TPSA) is 51.2 Å². The first kappa shape index (κ1) is 10.8. The monoisotopic (exact) mass is 214 g/mol. The van der Waals surface area contributed by atoms with Gasteiger partial charge in [0.1, 0.15) is 5.15 Å². The molecular formula is C9H11ClN2O2. The number of carbonyl (C=O) groups is 1. The minimum atomic E-state index is -0.486. The van der Waals surface area contributed by atoms with E-state index in [0.29, 0.717) is 23.1 Å². The van der Waals surface area contributed by atoms with Crippen molar-refractivity contribution >= 4 is 23.4 Å². The van der Waals surface area contributed by atoms with Crippen LogP contribution in [0.1, 0.15) is 12.6 Å². The number of nitrogens with one attached hydrogen (secondary N) is 1. The van der Waals surface area contributed by atoms with E-state index in [9.17, 15) is 4.79 Å². The summed E-state index contributed by atoms with van der Waals surface area (Å²) in [5.41, 5.74) is 1.26. The van der Waals surface area contributed by atoms with Crippen LogP contribution in [-0.4, -0.2) is 17.7 Å². The molecule has 1 amide bonds. The summed E-state index contributed by atoms with van der Waals surface area (Å²) in [5, 5.41) is 2.96. The number of amides is 1. The van der Waals surface area contributed by atoms with Crippen LogP contribution in [0.2, 0.25) is 5.15 Å². The molecule has 0 bridgehead atoms. The van der Waals surface area contributed by atoms with E-state index in [1.54, 1.807) is 26.0 Å². The number of aryl methyl sites for hydroxylation is 1. The van der Waals surface area contributed by atoms with Crippen molar-refractivity contribution in [2.45, 2.75) is 13.8 Å². The zero-order valence-electron chi connectivity index (χ0n) is 8.00. The first-order chi connectivity index (χ1) is 6.63. The molecule has 0 spiro atoms. The number of nitrogens with zero attached hydrogens (tertiary/aromatic N) is 1. The molecule has 76 valence electrons. The molecule has 0 radical (unpaired) electrons. The molecule has 0 aliphatic carbocycles. The second-order valence-corrected chi connectivity index (χ2v) is 3.00. The van der Waals surface area contributed by atoms with E-state index in [4.69, 9.17) is 16.3 Å². The second kappa shape index (κ2) is 4.81. The van der Waals surface area contributed by atoms with Gasteiger partial charge in [0.05, 0.1) is 18.0 Å². The first-order valence-corrected chi connectivity index (χ1v) is 4.58. The van der Waals surface area contributed by atoms with Gasteiger partial charge in [-0.05, 0) is 26.0 Å². The number of anilines is 1. The molecule has 0 unspecified atom stereocenters. The first-order valence-electron chi connectivity index (χ1n) is 4.20. The molecule has 0 aliphatic heterocycles. The quantitative estimate of drug-likeness (QED) is 0.770. The number of halogens is 1. The fraction of sp³-hybridized carbons (Fsp3) is 0.333. The Balaban J connectivity index is 2.72. The minimum Gasteiger partial charge on any atom is -0.450 e. The van der Waals surface area contributed by atoms with E-state index in [1.807, 2.05) is 0 Å². The highest BCUT2D eigenvalue weighted by atomic mass is 35.5. The average Bonchev–Trinajstić information content (AvgIpc) is 2.10. The van der Waals surface area contributed by atoms with E-state index < -0.39 is 6.09 Å². The van der Waals surface area contributed by atoms with Crippen molar-refractivity contribution in [2.75, 3.05) is 11.9 Å². The smallest absolute Gasteiger partial charge is 0.411 e. The van der Waals surface area contributed by atoms with Crippen molar-refractivity contribution < 1.29 is 9.53 Å². The minimum absolute atomic E-state index is 0.339. The van der Waals surface area contributed by atoms with Crippen LogP contribution < -0.4 is 5.32 Å². The van der Waals surface area contributed by atoms with Gasteiger partial charge in [-0.1, -0.05) is 11.6 Å². The molecule has 0 saturated heterocycles. The van der Waals surface area contributed by atoms with E-state index in [-0.39, 0.29) is 0 Å². The molecule has 1 N–H and O–H groups in total. The summed E-state index contributed by atoms with van der Waals surface area (Å²) in [6, 6.07) is 3.29. The van der Waals surface area contributed by atoms with Gasteiger partial charge in [0.15, 0.2) is 0 Å². The molecule has 5 heteroatoms. The molecule has 1 heterocycles. The fourth-order valence-electron chi connectivity index (χ4n) is 0.940. The van der Waals surface area contributed by atoms with Crippen LogP contribution in [0.5, 0.6) is 0 Å². The van der Waals surface area contributed by atoms with E-state index in [1.165, 1.54) is 0 Å². The van der Waals surface area contributed by atoms with Gasteiger partial charge in [0.2, 0.25) is 0 Å². The SMILES string of the molecule is CCOC(=O)Nc1ccc(Cl)nc1C. The zero-order chi connectivity index (χ0) is 10.6. The fourth-order valence-corrected chi connectivity index (χ4v) is 1.13. The summed E-state index contributed by atoms with van der Waals surface area (Å²) < 4.78 is 4.72. The summed E-state index contributed by atoms with van der Waals surface area (Å²) in [6.45, 7) is 3.84. The lowest BCUT2D eigenvalue weighted by Gasteiger charge is -2.07. The van der Waals surface area contributed by atoms with Crippen LogP contribution in [0, 0.1) is 6.92 Å². The van der Waals surface area contributed by atoms with Gasteiger partial charge < -0.3 is 4.74 Å². The molecule has 4 nitrogen and oxygen atoms in total. The van der Waals surface area contributed by atoms with Crippen molar-refractivity contribution in [3.63, 3.8) is 0 Å². The molecule has 1 aromatic heterocycles. The maximum absolute atomic E-state index is 11.1. The Bertz CT molecular complexity index is 342. The molecule has 0 fully saturated rings. The van der Waals surface area contributed by atoms with Crippen molar-refractivity contribution in [3.8, 4) is 0 Å². The van der Waals surface area contributed by atoms with Crippen molar-refractivity contribution in [1.29, 1.82) is 0 Å². The second-order valence-electron chi connectivity index (χ2n) is 2.61. The Labute approximate surface area is 87.2 Å². The largest absolute Gasteiger partial charge is 0.450 e. The Morgan fingerprint density at radius 1 is 1.64 bits per heavy atom. The summed E-state index contributed by atoms with van der Waals surface area (Å²) in [6.07, 6.45) is -0.486. The van der Waals surface area contributed by atoms with E-state index >= 15 is 0 Å². The third-order valence-electron chi connectivity index (χ3n) is 1.56. The van der Waals surface area contributed by atoms with Crippen molar-refractivity contribution in [3.05, 3.63) is 23.0 Å². The number of rotatable bonds is 2. The molecule has 0 atom stereocenters. The third-order valence-corrected chi connectivity index (χ3v) is 1.77. The lowest BCUT2D eigenvalue weighted by Crippen LogP contribution is -2.14. The van der Waals surface area contributed by atoms with Gasteiger partial charge in [0, 0.05) is 0 Å². The van der Waals surface area contributed by atoms with Crippen LogP contribution in [0.25, 0.3) is 0 Å². The van der Waals surface area contributed by atoms with Crippen molar-refractivity contribution in [1.82, 2.24) is 4.98 Å². The van der Waals surface area contributed by atoms with Gasteiger partial charge in [-0.2, -0.15) is 0 Å². The molecule has 0 aromatic carbocycles. The van der Waals surface area contributed by atoms with Crippen LogP contribution in [0.3, 0.4) is 0 Å². The summed E-state index contributed by atoms with van der Waals surface area (Å²) in [5.74, 6) is 0. The highest BCUT2D eigenvalue weighted by molar-refractivity contribution is 6.29. The predicted octanol–water partition coefficient (Wildman–Crippen LogP) is 2.61. The van der Waals surface area contributed by atoms with Crippen LogP contribution >= 0.6 is 11.6 Å². The highest BCUT2D eigenvalue weighted by Gasteiger charge is 2.05.